The molecule has 0 aliphatic carbocycles. The van der Waals surface area contributed by atoms with Crippen LogP contribution in [0.15, 0.2) is 30.5 Å². The first-order valence-corrected chi connectivity index (χ1v) is 8.23. The molecule has 1 aromatic rings. The third-order valence-corrected chi connectivity index (χ3v) is 7.62. The van der Waals surface area contributed by atoms with E-state index < -0.39 is 8.32 Å². The molecule has 1 atom stereocenters. The first kappa shape index (κ1) is 11.6. The van der Waals surface area contributed by atoms with Crippen molar-refractivity contribution in [1.29, 1.82) is 0 Å². The zero-order valence-corrected chi connectivity index (χ0v) is 11.3. The van der Waals surface area contributed by atoms with Gasteiger partial charge in [-0.05, 0) is 42.6 Å². The van der Waals surface area contributed by atoms with Crippen molar-refractivity contribution >= 4 is 13.5 Å². The molecular weight excluding hydrogens is 212 g/mol. The highest BCUT2D eigenvalue weighted by Gasteiger charge is 2.37. The lowest BCUT2D eigenvalue weighted by atomic mass is 10.1. The first-order chi connectivity index (χ1) is 7.69. The van der Waals surface area contributed by atoms with Gasteiger partial charge in [0.25, 0.3) is 0 Å². The highest BCUT2D eigenvalue weighted by molar-refractivity contribution is 6.91. The number of hydrogen-bond donors (Lipinski definition) is 0. The van der Waals surface area contributed by atoms with E-state index in [1.807, 2.05) is 0 Å². The Morgan fingerprint density at radius 2 is 2.12 bits per heavy atom. The van der Waals surface area contributed by atoms with Crippen LogP contribution in [0.25, 0.3) is 0 Å². The van der Waals surface area contributed by atoms with Crippen molar-refractivity contribution < 1.29 is 4.43 Å². The number of aryl methyl sites for hydroxylation is 1. The lowest BCUT2D eigenvalue weighted by molar-refractivity contribution is 0.283. The van der Waals surface area contributed by atoms with Crippen LogP contribution in [0.1, 0.15) is 24.0 Å². The molecular formula is C14H20OSi. The quantitative estimate of drug-likeness (QED) is 0.712. The van der Waals surface area contributed by atoms with E-state index in [0.29, 0.717) is 0 Å². The Morgan fingerprint density at radius 3 is 2.75 bits per heavy atom. The van der Waals surface area contributed by atoms with Gasteiger partial charge in [0.15, 0.2) is 0 Å². The van der Waals surface area contributed by atoms with E-state index in [2.05, 4.69) is 44.3 Å². The summed E-state index contributed by atoms with van der Waals surface area (Å²) >= 11 is 0. The van der Waals surface area contributed by atoms with E-state index in [4.69, 9.17) is 4.43 Å². The van der Waals surface area contributed by atoms with Crippen molar-refractivity contribution in [2.24, 2.45) is 0 Å². The molecule has 0 N–H and O–H groups in total. The molecule has 1 nitrogen and oxygen atoms in total. The molecule has 0 aromatic heterocycles. The summed E-state index contributed by atoms with van der Waals surface area (Å²) in [7, 11) is -1.84. The lowest BCUT2D eigenvalue weighted by Gasteiger charge is -2.34. The molecule has 1 fully saturated rings. The topological polar surface area (TPSA) is 9.23 Å². The second kappa shape index (κ2) is 4.56. The molecule has 1 saturated heterocycles. The van der Waals surface area contributed by atoms with Gasteiger partial charge >= 0.3 is 0 Å². The molecule has 2 heteroatoms. The molecule has 1 aromatic carbocycles. The molecule has 2 rings (SSSR count). The maximum absolute atomic E-state index is 6.16. The average Bonchev–Trinajstić information content (AvgIpc) is 2.33. The molecule has 1 unspecified atom stereocenters. The van der Waals surface area contributed by atoms with Crippen molar-refractivity contribution in [2.45, 2.75) is 32.7 Å². The largest absolute Gasteiger partial charge is 0.408 e. The standard InChI is InChI=1S/C14H20OSi/c1-4-16(11-6-5-10-15-16)14-9-7-8-12(2)13(14)3/h4,7-9H,1,5-6,10-11H2,2-3H3. The highest BCUT2D eigenvalue weighted by Crippen LogP contribution is 2.24. The van der Waals surface area contributed by atoms with Crippen molar-refractivity contribution in [3.63, 3.8) is 0 Å². The van der Waals surface area contributed by atoms with Crippen molar-refractivity contribution in [1.82, 2.24) is 0 Å². The Balaban J connectivity index is 2.47. The normalized spacial score (nSPS) is 25.4. The molecule has 86 valence electrons. The van der Waals surface area contributed by atoms with E-state index in [1.54, 1.807) is 0 Å². The van der Waals surface area contributed by atoms with Gasteiger partial charge in [-0.3, -0.25) is 0 Å². The molecule has 0 radical (unpaired) electrons. The molecule has 1 aliphatic heterocycles. The van der Waals surface area contributed by atoms with Crippen LogP contribution in [0.2, 0.25) is 6.04 Å². The fraction of sp³-hybridized carbons (Fsp3) is 0.429. The average molecular weight is 232 g/mol. The number of hydrogen-bond acceptors (Lipinski definition) is 1. The summed E-state index contributed by atoms with van der Waals surface area (Å²) in [6, 6.07) is 7.75. The van der Waals surface area contributed by atoms with Gasteiger partial charge in [-0.25, -0.2) is 0 Å². The van der Waals surface area contributed by atoms with Gasteiger partial charge in [0.1, 0.15) is 0 Å². The van der Waals surface area contributed by atoms with Gasteiger partial charge in [-0.1, -0.05) is 30.3 Å². The van der Waals surface area contributed by atoms with Crippen LogP contribution >= 0.6 is 0 Å². The molecule has 0 bridgehead atoms. The molecule has 1 aliphatic rings. The Morgan fingerprint density at radius 1 is 1.31 bits per heavy atom. The van der Waals surface area contributed by atoms with Gasteiger partial charge in [-0.2, -0.15) is 0 Å². The highest BCUT2D eigenvalue weighted by atomic mass is 28.4. The molecule has 16 heavy (non-hydrogen) atoms. The Kier molecular flexibility index (Phi) is 3.31. The third-order valence-electron chi connectivity index (χ3n) is 3.69. The minimum atomic E-state index is -1.84. The Bertz CT molecular complexity index is 392. The Hall–Kier alpha value is -0.863. The van der Waals surface area contributed by atoms with Gasteiger partial charge in [0.05, 0.1) is 0 Å². The van der Waals surface area contributed by atoms with Crippen LogP contribution in [0.5, 0.6) is 0 Å². The zero-order valence-electron chi connectivity index (χ0n) is 10.3. The summed E-state index contributed by atoms with van der Waals surface area (Å²) in [5.74, 6) is 0. The summed E-state index contributed by atoms with van der Waals surface area (Å²) in [4.78, 5) is 0. The van der Waals surface area contributed by atoms with Crippen LogP contribution in [0.3, 0.4) is 0 Å². The van der Waals surface area contributed by atoms with Crippen LogP contribution in [-0.4, -0.2) is 14.9 Å². The van der Waals surface area contributed by atoms with Crippen LogP contribution < -0.4 is 5.19 Å². The van der Waals surface area contributed by atoms with Gasteiger partial charge in [0, 0.05) is 6.61 Å². The molecule has 0 saturated carbocycles. The fourth-order valence-corrected chi connectivity index (χ4v) is 6.11. The number of benzene rings is 1. The zero-order chi connectivity index (χ0) is 11.6. The fourth-order valence-electron chi connectivity index (χ4n) is 2.51. The first-order valence-electron chi connectivity index (χ1n) is 6.04. The van der Waals surface area contributed by atoms with Crippen LogP contribution in [-0.2, 0) is 4.43 Å². The van der Waals surface area contributed by atoms with Gasteiger partial charge in [-0.15, -0.1) is 6.58 Å². The Labute approximate surface area is 99.3 Å². The summed E-state index contributed by atoms with van der Waals surface area (Å²) in [5.41, 5.74) is 4.88. The maximum atomic E-state index is 6.16. The number of rotatable bonds is 2. The molecule has 0 spiro atoms. The van der Waals surface area contributed by atoms with Crippen molar-refractivity contribution in [3.8, 4) is 0 Å². The van der Waals surface area contributed by atoms with Crippen LogP contribution in [0.4, 0.5) is 0 Å². The third kappa shape index (κ3) is 1.87. The minimum absolute atomic E-state index is 0.908. The predicted molar refractivity (Wildman–Crippen MR) is 71.5 cm³/mol. The van der Waals surface area contributed by atoms with E-state index in [-0.39, 0.29) is 0 Å². The van der Waals surface area contributed by atoms with Crippen molar-refractivity contribution in [3.05, 3.63) is 41.6 Å². The van der Waals surface area contributed by atoms with E-state index in [1.165, 1.54) is 35.2 Å². The second-order valence-corrected chi connectivity index (χ2v) is 8.16. The summed E-state index contributed by atoms with van der Waals surface area (Å²) in [5, 5.41) is 1.43. The minimum Gasteiger partial charge on any atom is -0.408 e. The maximum Gasteiger partial charge on any atom is 0.248 e. The smallest absolute Gasteiger partial charge is 0.248 e. The predicted octanol–water partition coefficient (Wildman–Crippen LogP) is 2.99. The van der Waals surface area contributed by atoms with E-state index >= 15 is 0 Å². The van der Waals surface area contributed by atoms with E-state index in [0.717, 1.165) is 6.61 Å². The lowest BCUT2D eigenvalue weighted by Crippen LogP contribution is -2.52. The molecule has 1 heterocycles. The van der Waals surface area contributed by atoms with E-state index in [9.17, 15) is 0 Å². The SMILES string of the molecule is C=C[Si]1(c2cccc(C)c2C)CCCCO1. The summed E-state index contributed by atoms with van der Waals surface area (Å²) in [6.07, 6.45) is 2.49. The monoisotopic (exact) mass is 232 g/mol. The second-order valence-electron chi connectivity index (χ2n) is 4.65. The summed E-state index contributed by atoms with van der Waals surface area (Å²) in [6.45, 7) is 9.33. The van der Waals surface area contributed by atoms with Crippen molar-refractivity contribution in [2.75, 3.05) is 6.61 Å². The van der Waals surface area contributed by atoms with Gasteiger partial charge < -0.3 is 4.43 Å². The van der Waals surface area contributed by atoms with Crippen LogP contribution in [0, 0.1) is 13.8 Å². The van der Waals surface area contributed by atoms with Gasteiger partial charge in [0.2, 0.25) is 8.32 Å². The molecule has 0 amide bonds. The summed E-state index contributed by atoms with van der Waals surface area (Å²) < 4.78 is 6.16.